The van der Waals surface area contributed by atoms with E-state index in [1.807, 2.05) is 19.1 Å². The number of hydrazone groups is 1. The van der Waals surface area contributed by atoms with E-state index >= 15 is 0 Å². The summed E-state index contributed by atoms with van der Waals surface area (Å²) < 4.78 is 12.4. The maximum atomic E-state index is 6.50. The summed E-state index contributed by atoms with van der Waals surface area (Å²) in [5.74, 6) is 1.66. The average Bonchev–Trinajstić information content (AvgIpc) is 3.40. The number of ether oxygens (including phenoxy) is 2. The normalized spacial score (nSPS) is 20.0. The molecule has 5 rings (SSSR count). The molecule has 5 heteroatoms. The summed E-state index contributed by atoms with van der Waals surface area (Å²) in [6.07, 6.45) is 0.610. The van der Waals surface area contributed by atoms with Gasteiger partial charge in [0.15, 0.2) is 11.5 Å². The lowest BCUT2D eigenvalue weighted by Gasteiger charge is -2.38. The minimum Gasteiger partial charge on any atom is -0.490 e. The number of hydrogen-bond donors (Lipinski definition) is 0. The molecule has 2 aliphatic heterocycles. The van der Waals surface area contributed by atoms with Crippen LogP contribution in [-0.4, -0.2) is 17.3 Å². The van der Waals surface area contributed by atoms with Crippen LogP contribution in [0.5, 0.6) is 11.5 Å². The zero-order chi connectivity index (χ0) is 20.0. The van der Waals surface area contributed by atoms with Gasteiger partial charge in [-0.05, 0) is 66.4 Å². The van der Waals surface area contributed by atoms with E-state index in [1.165, 1.54) is 16.7 Å². The van der Waals surface area contributed by atoms with Crippen LogP contribution < -0.4 is 9.47 Å². The number of benzene rings is 2. The molecule has 29 heavy (non-hydrogen) atoms. The van der Waals surface area contributed by atoms with Gasteiger partial charge in [0.25, 0.3) is 0 Å². The fourth-order valence-electron chi connectivity index (χ4n) is 4.08. The standard InChI is InChI=1S/C24H24N2O2S/c1-4-27-22-7-5-6-19-21-13-20(17-9-8-15(2)16(3)12-17)25-26(21)24(28-23(19)22)18-10-11-29-14-18/h5-12,14,21,24H,4,13H2,1-3H3/t21-,24-/m1/s1. The Bertz CT molecular complexity index is 1070. The van der Waals surface area contributed by atoms with Gasteiger partial charge < -0.3 is 9.47 Å². The van der Waals surface area contributed by atoms with Crippen molar-refractivity contribution in [2.75, 3.05) is 6.61 Å². The average molecular weight is 405 g/mol. The first-order valence-corrected chi connectivity index (χ1v) is 11.0. The van der Waals surface area contributed by atoms with E-state index in [0.717, 1.165) is 34.8 Å². The second-order valence-electron chi connectivity index (χ2n) is 7.58. The van der Waals surface area contributed by atoms with Gasteiger partial charge >= 0.3 is 0 Å². The second-order valence-corrected chi connectivity index (χ2v) is 8.36. The van der Waals surface area contributed by atoms with Crippen molar-refractivity contribution < 1.29 is 9.47 Å². The third kappa shape index (κ3) is 3.10. The SMILES string of the molecule is CCOc1cccc2c1O[C@H](c1ccsc1)N1N=C(c3ccc(C)c(C)c3)C[C@H]21. The second kappa shape index (κ2) is 7.23. The highest BCUT2D eigenvalue weighted by atomic mass is 32.1. The summed E-state index contributed by atoms with van der Waals surface area (Å²) in [7, 11) is 0. The molecule has 2 aliphatic rings. The topological polar surface area (TPSA) is 34.1 Å². The number of aryl methyl sites for hydroxylation is 2. The fourth-order valence-corrected chi connectivity index (χ4v) is 4.75. The van der Waals surface area contributed by atoms with Gasteiger partial charge in [-0.1, -0.05) is 24.3 Å². The lowest BCUT2D eigenvalue weighted by atomic mass is 9.94. The van der Waals surface area contributed by atoms with Crippen molar-refractivity contribution >= 4 is 17.0 Å². The largest absolute Gasteiger partial charge is 0.490 e. The van der Waals surface area contributed by atoms with E-state index in [-0.39, 0.29) is 12.3 Å². The van der Waals surface area contributed by atoms with Crippen molar-refractivity contribution in [2.24, 2.45) is 5.10 Å². The Labute approximate surface area is 175 Å². The third-order valence-corrected chi connectivity index (χ3v) is 6.45. The summed E-state index contributed by atoms with van der Waals surface area (Å²) in [4.78, 5) is 0. The fraction of sp³-hybridized carbons (Fsp3) is 0.292. The van der Waals surface area contributed by atoms with E-state index in [9.17, 15) is 0 Å². The van der Waals surface area contributed by atoms with Crippen molar-refractivity contribution in [1.82, 2.24) is 5.01 Å². The van der Waals surface area contributed by atoms with E-state index in [0.29, 0.717) is 6.61 Å². The van der Waals surface area contributed by atoms with E-state index in [1.54, 1.807) is 11.3 Å². The van der Waals surface area contributed by atoms with Gasteiger partial charge in [-0.3, -0.25) is 0 Å². The van der Waals surface area contributed by atoms with E-state index < -0.39 is 0 Å². The van der Waals surface area contributed by atoms with Crippen LogP contribution in [0.4, 0.5) is 0 Å². The lowest BCUT2D eigenvalue weighted by molar-refractivity contribution is -0.0209. The summed E-state index contributed by atoms with van der Waals surface area (Å²) in [6, 6.07) is 15.0. The van der Waals surface area contributed by atoms with Crippen LogP contribution in [0.25, 0.3) is 0 Å². The minimum atomic E-state index is -0.246. The number of nitrogens with zero attached hydrogens (tertiary/aromatic N) is 2. The summed E-state index contributed by atoms with van der Waals surface area (Å²) >= 11 is 1.68. The molecule has 0 aliphatic carbocycles. The Morgan fingerprint density at radius 3 is 2.83 bits per heavy atom. The number of rotatable bonds is 4. The van der Waals surface area contributed by atoms with Crippen molar-refractivity contribution in [1.29, 1.82) is 0 Å². The molecule has 0 saturated carbocycles. The van der Waals surface area contributed by atoms with Crippen LogP contribution in [0.15, 0.2) is 58.3 Å². The van der Waals surface area contributed by atoms with E-state index in [4.69, 9.17) is 14.6 Å². The minimum absolute atomic E-state index is 0.140. The van der Waals surface area contributed by atoms with Gasteiger partial charge in [0, 0.05) is 17.5 Å². The van der Waals surface area contributed by atoms with Gasteiger partial charge in [-0.15, -0.1) is 0 Å². The Balaban J connectivity index is 1.60. The molecule has 3 heterocycles. The number of fused-ring (bicyclic) bond motifs is 3. The van der Waals surface area contributed by atoms with Gasteiger partial charge in [0.1, 0.15) is 0 Å². The number of para-hydroxylation sites is 1. The number of thiophene rings is 1. The Kier molecular flexibility index (Phi) is 4.55. The third-order valence-electron chi connectivity index (χ3n) is 5.75. The first kappa shape index (κ1) is 18.3. The highest BCUT2D eigenvalue weighted by Crippen LogP contribution is 2.50. The Morgan fingerprint density at radius 2 is 2.07 bits per heavy atom. The van der Waals surface area contributed by atoms with Crippen molar-refractivity contribution in [2.45, 2.75) is 39.5 Å². The molecule has 2 atom stereocenters. The first-order valence-electron chi connectivity index (χ1n) is 10.0. The van der Waals surface area contributed by atoms with Crippen LogP contribution >= 0.6 is 11.3 Å². The van der Waals surface area contributed by atoms with Crippen LogP contribution in [0.1, 0.15) is 53.4 Å². The molecule has 0 fully saturated rings. The molecule has 148 valence electrons. The zero-order valence-corrected chi connectivity index (χ0v) is 17.7. The Morgan fingerprint density at radius 1 is 1.17 bits per heavy atom. The molecule has 0 unspecified atom stereocenters. The number of hydrogen-bond acceptors (Lipinski definition) is 5. The zero-order valence-electron chi connectivity index (χ0n) is 16.9. The molecule has 0 N–H and O–H groups in total. The lowest BCUT2D eigenvalue weighted by Crippen LogP contribution is -2.33. The summed E-state index contributed by atoms with van der Waals surface area (Å²) in [5, 5.41) is 11.4. The van der Waals surface area contributed by atoms with Crippen LogP contribution in [-0.2, 0) is 0 Å². The van der Waals surface area contributed by atoms with Crippen molar-refractivity contribution in [3.8, 4) is 11.5 Å². The predicted octanol–water partition coefficient (Wildman–Crippen LogP) is 6.01. The van der Waals surface area contributed by atoms with E-state index in [2.05, 4.69) is 59.9 Å². The molecular formula is C24H24N2O2S. The van der Waals surface area contributed by atoms with Crippen molar-refractivity contribution in [3.05, 3.63) is 81.0 Å². The molecule has 0 bridgehead atoms. The highest BCUT2D eigenvalue weighted by molar-refractivity contribution is 7.07. The van der Waals surface area contributed by atoms with Gasteiger partial charge in [0.2, 0.25) is 6.23 Å². The molecule has 0 amide bonds. The summed E-state index contributed by atoms with van der Waals surface area (Å²) in [5.41, 5.74) is 7.16. The first-order chi connectivity index (χ1) is 14.2. The molecule has 0 saturated heterocycles. The molecule has 2 aromatic carbocycles. The molecule has 0 radical (unpaired) electrons. The van der Waals surface area contributed by atoms with Crippen LogP contribution in [0.2, 0.25) is 0 Å². The van der Waals surface area contributed by atoms with Gasteiger partial charge in [0.05, 0.1) is 18.4 Å². The molecule has 1 aromatic heterocycles. The van der Waals surface area contributed by atoms with Gasteiger partial charge in [-0.25, -0.2) is 5.01 Å². The molecule has 3 aromatic rings. The van der Waals surface area contributed by atoms with Gasteiger partial charge in [-0.2, -0.15) is 16.4 Å². The maximum absolute atomic E-state index is 6.50. The summed E-state index contributed by atoms with van der Waals surface area (Å²) in [6.45, 7) is 6.91. The molecule has 0 spiro atoms. The highest BCUT2D eigenvalue weighted by Gasteiger charge is 2.42. The smallest absolute Gasteiger partial charge is 0.214 e. The Hall–Kier alpha value is -2.79. The predicted molar refractivity (Wildman–Crippen MR) is 117 cm³/mol. The van der Waals surface area contributed by atoms with Crippen molar-refractivity contribution in [3.63, 3.8) is 0 Å². The maximum Gasteiger partial charge on any atom is 0.214 e. The van der Waals surface area contributed by atoms with Crippen LogP contribution in [0, 0.1) is 13.8 Å². The van der Waals surface area contributed by atoms with Crippen LogP contribution in [0.3, 0.4) is 0 Å². The molecular weight excluding hydrogens is 380 g/mol. The quantitative estimate of drug-likeness (QED) is 0.534. The monoisotopic (exact) mass is 404 g/mol. The molecule has 4 nitrogen and oxygen atoms in total.